The highest BCUT2D eigenvalue weighted by Crippen LogP contribution is 1.98. The lowest BCUT2D eigenvalue weighted by molar-refractivity contribution is 0.0167. The molecule has 0 spiro atoms. The van der Waals surface area contributed by atoms with Gasteiger partial charge in [-0.25, -0.2) is 0 Å². The molecule has 0 saturated heterocycles. The Labute approximate surface area is 67.5 Å². The van der Waals surface area contributed by atoms with Crippen LogP contribution < -0.4 is 5.73 Å². The predicted octanol–water partition coefficient (Wildman–Crippen LogP) is -0.0273. The van der Waals surface area contributed by atoms with Crippen molar-refractivity contribution >= 4 is 5.84 Å². The Morgan fingerprint density at radius 1 is 1.55 bits per heavy atom. The van der Waals surface area contributed by atoms with Crippen LogP contribution in [0.4, 0.5) is 0 Å². The summed E-state index contributed by atoms with van der Waals surface area (Å²) < 4.78 is 0. The summed E-state index contributed by atoms with van der Waals surface area (Å²) in [4.78, 5) is 1.85. The molecule has 0 aliphatic carbocycles. The van der Waals surface area contributed by atoms with Gasteiger partial charge in [-0.3, -0.25) is 10.3 Å². The number of hydrogen-bond acceptors (Lipinski definition) is 3. The van der Waals surface area contributed by atoms with Gasteiger partial charge in [0, 0.05) is 6.42 Å². The molecule has 66 valence electrons. The molecule has 0 aromatic heterocycles. The van der Waals surface area contributed by atoms with Crippen LogP contribution in [-0.4, -0.2) is 35.2 Å². The third-order valence-corrected chi connectivity index (χ3v) is 1.64. The van der Waals surface area contributed by atoms with Crippen LogP contribution in [-0.2, 0) is 0 Å². The van der Waals surface area contributed by atoms with Gasteiger partial charge in [-0.2, -0.15) is 0 Å². The number of nitrogens with one attached hydrogen (secondary N) is 1. The lowest BCUT2D eigenvalue weighted by Gasteiger charge is -2.24. The van der Waals surface area contributed by atoms with Crippen LogP contribution in [0.5, 0.6) is 0 Å². The molecule has 0 amide bonds. The Hall–Kier alpha value is -0.610. The second kappa shape index (κ2) is 5.09. The van der Waals surface area contributed by atoms with E-state index < -0.39 is 6.23 Å². The van der Waals surface area contributed by atoms with Crippen molar-refractivity contribution in [3.05, 3.63) is 0 Å². The standard InChI is InChI=1S/C7H17N3O/c1-3-10(4-2)7(11)5-6(8)9/h7,11H,3-5H2,1-2H3,(H3,8,9). The Balaban J connectivity index is 3.78. The highest BCUT2D eigenvalue weighted by atomic mass is 16.3. The van der Waals surface area contributed by atoms with Crippen molar-refractivity contribution < 1.29 is 5.11 Å². The fourth-order valence-corrected chi connectivity index (χ4v) is 0.971. The topological polar surface area (TPSA) is 73.3 Å². The average Bonchev–Trinajstić information content (AvgIpc) is 1.88. The zero-order chi connectivity index (χ0) is 8.85. The molecule has 1 atom stereocenters. The van der Waals surface area contributed by atoms with E-state index in [4.69, 9.17) is 11.1 Å². The number of nitrogens with two attached hydrogens (primary N) is 1. The van der Waals surface area contributed by atoms with Gasteiger partial charge in [-0.05, 0) is 13.1 Å². The molecule has 1 unspecified atom stereocenters. The molecule has 4 heteroatoms. The second-order valence-electron chi connectivity index (χ2n) is 2.43. The molecule has 0 fully saturated rings. The third-order valence-electron chi connectivity index (χ3n) is 1.64. The predicted molar refractivity (Wildman–Crippen MR) is 45.5 cm³/mol. The van der Waals surface area contributed by atoms with E-state index in [-0.39, 0.29) is 12.3 Å². The molecule has 0 heterocycles. The summed E-state index contributed by atoms with van der Waals surface area (Å²) in [6, 6.07) is 0. The maximum Gasteiger partial charge on any atom is 0.114 e. The Kier molecular flexibility index (Phi) is 4.81. The lowest BCUT2D eigenvalue weighted by atomic mass is 10.3. The van der Waals surface area contributed by atoms with E-state index >= 15 is 0 Å². The number of hydrogen-bond donors (Lipinski definition) is 3. The number of aliphatic hydroxyl groups excluding tert-OH is 1. The van der Waals surface area contributed by atoms with E-state index in [1.807, 2.05) is 18.7 Å². The molecule has 0 rings (SSSR count). The first-order valence-corrected chi connectivity index (χ1v) is 3.86. The van der Waals surface area contributed by atoms with Gasteiger partial charge in [0.25, 0.3) is 0 Å². The molecule has 0 bridgehead atoms. The van der Waals surface area contributed by atoms with Crippen molar-refractivity contribution in [3.8, 4) is 0 Å². The van der Waals surface area contributed by atoms with Crippen LogP contribution in [0.1, 0.15) is 20.3 Å². The van der Waals surface area contributed by atoms with Crippen molar-refractivity contribution in [3.63, 3.8) is 0 Å². The van der Waals surface area contributed by atoms with E-state index in [1.165, 1.54) is 0 Å². The summed E-state index contributed by atoms with van der Waals surface area (Å²) in [6.45, 7) is 5.50. The van der Waals surface area contributed by atoms with Gasteiger partial charge in [0.15, 0.2) is 0 Å². The molecule has 0 radical (unpaired) electrons. The number of aliphatic hydroxyl groups is 1. The van der Waals surface area contributed by atoms with Crippen molar-refractivity contribution in [2.75, 3.05) is 13.1 Å². The molecular weight excluding hydrogens is 142 g/mol. The van der Waals surface area contributed by atoms with Gasteiger partial charge in [0.05, 0.1) is 5.84 Å². The maximum atomic E-state index is 9.38. The largest absolute Gasteiger partial charge is 0.388 e. The molecule has 0 aliphatic rings. The van der Waals surface area contributed by atoms with Crippen molar-refractivity contribution in [2.45, 2.75) is 26.5 Å². The SMILES string of the molecule is CCN(CC)C(O)CC(=N)N. The summed E-state index contributed by atoms with van der Waals surface area (Å²) in [7, 11) is 0. The maximum absolute atomic E-state index is 9.38. The fourth-order valence-electron chi connectivity index (χ4n) is 0.971. The van der Waals surface area contributed by atoms with E-state index in [2.05, 4.69) is 0 Å². The van der Waals surface area contributed by atoms with E-state index in [0.29, 0.717) is 0 Å². The molecular formula is C7H17N3O. The lowest BCUT2D eigenvalue weighted by Crippen LogP contribution is -2.37. The molecule has 4 N–H and O–H groups in total. The number of rotatable bonds is 5. The average molecular weight is 159 g/mol. The summed E-state index contributed by atoms with van der Waals surface area (Å²) in [5, 5.41) is 16.3. The normalized spacial score (nSPS) is 13.5. The first-order valence-electron chi connectivity index (χ1n) is 3.86. The quantitative estimate of drug-likeness (QED) is 0.300. The van der Waals surface area contributed by atoms with Crippen molar-refractivity contribution in [1.29, 1.82) is 5.41 Å². The number of nitrogens with zero attached hydrogens (tertiary/aromatic N) is 1. The molecule has 0 saturated carbocycles. The van der Waals surface area contributed by atoms with Gasteiger partial charge in [-0.1, -0.05) is 13.8 Å². The van der Waals surface area contributed by atoms with Gasteiger partial charge < -0.3 is 10.8 Å². The highest BCUT2D eigenvalue weighted by molar-refractivity contribution is 5.77. The van der Waals surface area contributed by atoms with Gasteiger partial charge >= 0.3 is 0 Å². The minimum absolute atomic E-state index is 0.0319. The first-order chi connectivity index (χ1) is 5.11. The van der Waals surface area contributed by atoms with Crippen LogP contribution in [0.15, 0.2) is 0 Å². The fraction of sp³-hybridized carbons (Fsp3) is 0.857. The van der Waals surface area contributed by atoms with Crippen LogP contribution >= 0.6 is 0 Å². The van der Waals surface area contributed by atoms with Crippen LogP contribution in [0, 0.1) is 5.41 Å². The van der Waals surface area contributed by atoms with Crippen molar-refractivity contribution in [1.82, 2.24) is 4.90 Å². The van der Waals surface area contributed by atoms with Gasteiger partial charge in [0.2, 0.25) is 0 Å². The summed E-state index contributed by atoms with van der Waals surface area (Å²) in [5.74, 6) is 0.0319. The molecule has 0 aromatic rings. The second-order valence-corrected chi connectivity index (χ2v) is 2.43. The molecule has 11 heavy (non-hydrogen) atoms. The minimum Gasteiger partial charge on any atom is -0.388 e. The Morgan fingerprint density at radius 2 is 2.00 bits per heavy atom. The van der Waals surface area contributed by atoms with E-state index in [9.17, 15) is 5.11 Å². The summed E-state index contributed by atoms with van der Waals surface area (Å²) in [6.07, 6.45) is -0.357. The summed E-state index contributed by atoms with van der Waals surface area (Å²) >= 11 is 0. The molecule has 4 nitrogen and oxygen atoms in total. The van der Waals surface area contributed by atoms with Gasteiger partial charge in [0.1, 0.15) is 6.23 Å². The zero-order valence-corrected chi connectivity index (χ0v) is 7.17. The smallest absolute Gasteiger partial charge is 0.114 e. The van der Waals surface area contributed by atoms with E-state index in [0.717, 1.165) is 13.1 Å². The number of amidine groups is 1. The zero-order valence-electron chi connectivity index (χ0n) is 7.17. The monoisotopic (exact) mass is 159 g/mol. The van der Waals surface area contributed by atoms with Crippen molar-refractivity contribution in [2.24, 2.45) is 5.73 Å². The minimum atomic E-state index is -0.595. The molecule has 0 aliphatic heterocycles. The van der Waals surface area contributed by atoms with Crippen LogP contribution in [0.3, 0.4) is 0 Å². The van der Waals surface area contributed by atoms with Crippen LogP contribution in [0.2, 0.25) is 0 Å². The third kappa shape index (κ3) is 3.95. The summed E-state index contributed by atoms with van der Waals surface area (Å²) in [5.41, 5.74) is 5.14. The highest BCUT2D eigenvalue weighted by Gasteiger charge is 2.11. The Morgan fingerprint density at radius 3 is 2.27 bits per heavy atom. The molecule has 0 aromatic carbocycles. The van der Waals surface area contributed by atoms with E-state index in [1.54, 1.807) is 0 Å². The Bertz CT molecular complexity index is 123. The first kappa shape index (κ1) is 10.4. The van der Waals surface area contributed by atoms with Crippen LogP contribution in [0.25, 0.3) is 0 Å². The van der Waals surface area contributed by atoms with Gasteiger partial charge in [-0.15, -0.1) is 0 Å².